The van der Waals surface area contributed by atoms with Gasteiger partial charge in [0.05, 0.1) is 4.91 Å². The highest BCUT2D eigenvalue weighted by Crippen LogP contribution is 2.33. The molecule has 160 valence electrons. The van der Waals surface area contributed by atoms with E-state index >= 15 is 0 Å². The van der Waals surface area contributed by atoms with Gasteiger partial charge in [0.15, 0.2) is 4.32 Å². The smallest absolute Gasteiger partial charge is 0.285 e. The molecular formula is C24H17BrN2O3S2. The number of para-hydroxylation sites is 1. The molecule has 0 spiro atoms. The fourth-order valence-electron chi connectivity index (χ4n) is 2.94. The van der Waals surface area contributed by atoms with Crippen LogP contribution in [0.5, 0.6) is 5.75 Å². The summed E-state index contributed by atoms with van der Waals surface area (Å²) in [5, 5.41) is 1.10. The first kappa shape index (κ1) is 22.3. The van der Waals surface area contributed by atoms with E-state index in [9.17, 15) is 9.59 Å². The fourth-order valence-corrected chi connectivity index (χ4v) is 4.37. The van der Waals surface area contributed by atoms with Gasteiger partial charge < -0.3 is 4.74 Å². The van der Waals surface area contributed by atoms with Gasteiger partial charge in [0.25, 0.3) is 11.8 Å². The van der Waals surface area contributed by atoms with Crippen molar-refractivity contribution in [1.82, 2.24) is 10.4 Å². The molecule has 1 aliphatic rings. The molecule has 1 heterocycles. The Morgan fingerprint density at radius 1 is 1.03 bits per heavy atom. The van der Waals surface area contributed by atoms with Crippen molar-refractivity contribution in [1.29, 1.82) is 0 Å². The summed E-state index contributed by atoms with van der Waals surface area (Å²) >= 11 is 9.79. The van der Waals surface area contributed by atoms with E-state index in [-0.39, 0.29) is 10.2 Å². The van der Waals surface area contributed by atoms with Gasteiger partial charge in [-0.1, -0.05) is 76.2 Å². The van der Waals surface area contributed by atoms with Crippen LogP contribution in [0.1, 0.15) is 21.5 Å². The van der Waals surface area contributed by atoms with E-state index in [1.807, 2.05) is 54.6 Å². The maximum atomic E-state index is 12.9. The predicted octanol–water partition coefficient (Wildman–Crippen LogP) is 5.57. The fraction of sp³-hybridized carbons (Fsp3) is 0.0417. The van der Waals surface area contributed by atoms with E-state index in [2.05, 4.69) is 21.4 Å². The number of hydrogen-bond donors (Lipinski definition) is 1. The summed E-state index contributed by atoms with van der Waals surface area (Å²) in [6.45, 7) is 0.413. The predicted molar refractivity (Wildman–Crippen MR) is 134 cm³/mol. The van der Waals surface area contributed by atoms with Crippen LogP contribution in [0.25, 0.3) is 6.08 Å². The van der Waals surface area contributed by atoms with Crippen molar-refractivity contribution >= 4 is 62.1 Å². The van der Waals surface area contributed by atoms with E-state index in [0.717, 1.165) is 32.4 Å². The van der Waals surface area contributed by atoms with Crippen LogP contribution in [-0.2, 0) is 11.4 Å². The highest BCUT2D eigenvalue weighted by molar-refractivity contribution is 9.10. The Morgan fingerprint density at radius 3 is 2.47 bits per heavy atom. The van der Waals surface area contributed by atoms with Gasteiger partial charge in [-0.2, -0.15) is 5.01 Å². The summed E-state index contributed by atoms with van der Waals surface area (Å²) < 4.78 is 7.09. The van der Waals surface area contributed by atoms with Crippen molar-refractivity contribution in [3.05, 3.63) is 105 Å². The molecule has 0 aliphatic carbocycles. The molecular weight excluding hydrogens is 508 g/mol. The van der Waals surface area contributed by atoms with Crippen molar-refractivity contribution in [3.8, 4) is 5.75 Å². The van der Waals surface area contributed by atoms with Crippen molar-refractivity contribution in [2.45, 2.75) is 6.61 Å². The van der Waals surface area contributed by atoms with Gasteiger partial charge in [0, 0.05) is 15.6 Å². The van der Waals surface area contributed by atoms with Crippen molar-refractivity contribution in [2.75, 3.05) is 0 Å². The summed E-state index contributed by atoms with van der Waals surface area (Å²) in [6.07, 6.45) is 1.73. The zero-order chi connectivity index (χ0) is 22.5. The third-order valence-electron chi connectivity index (χ3n) is 4.56. The zero-order valence-corrected chi connectivity index (χ0v) is 19.9. The summed E-state index contributed by atoms with van der Waals surface area (Å²) in [5.41, 5.74) is 4.81. The second-order valence-electron chi connectivity index (χ2n) is 6.78. The van der Waals surface area contributed by atoms with Crippen molar-refractivity contribution in [3.63, 3.8) is 0 Å². The summed E-state index contributed by atoms with van der Waals surface area (Å²) in [4.78, 5) is 25.8. The standard InChI is InChI=1S/C24H17BrN2O3S2/c25-19-12-10-17(11-13-19)22(28)26-27-23(29)21(32-24(27)31)14-18-8-4-5-9-20(18)30-15-16-6-2-1-3-7-16/h1-14H,15H2,(H,26,28)/b21-14-. The number of benzene rings is 3. The summed E-state index contributed by atoms with van der Waals surface area (Å²) in [6, 6.07) is 24.1. The minimum atomic E-state index is -0.415. The number of nitrogens with one attached hydrogen (secondary N) is 1. The number of nitrogens with zero attached hydrogens (tertiary/aromatic N) is 1. The Labute approximate surface area is 203 Å². The van der Waals surface area contributed by atoms with Crippen LogP contribution in [0.3, 0.4) is 0 Å². The number of carbonyl (C=O) groups excluding carboxylic acids is 2. The van der Waals surface area contributed by atoms with Crippen LogP contribution in [0, 0.1) is 0 Å². The molecule has 0 saturated carbocycles. The molecule has 0 radical (unpaired) electrons. The molecule has 0 unspecified atom stereocenters. The quantitative estimate of drug-likeness (QED) is 0.337. The Hall–Kier alpha value is -2.94. The number of carbonyl (C=O) groups is 2. The molecule has 0 aromatic heterocycles. The van der Waals surface area contributed by atoms with Gasteiger partial charge in [-0.05, 0) is 54.2 Å². The van der Waals surface area contributed by atoms with Crippen molar-refractivity contribution in [2.24, 2.45) is 0 Å². The van der Waals surface area contributed by atoms with Gasteiger partial charge in [0.2, 0.25) is 0 Å². The topological polar surface area (TPSA) is 58.6 Å². The molecule has 1 fully saturated rings. The average molecular weight is 525 g/mol. The van der Waals surface area contributed by atoms with Gasteiger partial charge in [0.1, 0.15) is 12.4 Å². The first-order chi connectivity index (χ1) is 15.5. The summed E-state index contributed by atoms with van der Waals surface area (Å²) in [5.74, 6) is -0.148. The van der Waals surface area contributed by atoms with Gasteiger partial charge >= 0.3 is 0 Å². The highest BCUT2D eigenvalue weighted by atomic mass is 79.9. The van der Waals surface area contributed by atoms with Crippen LogP contribution in [0.2, 0.25) is 0 Å². The molecule has 8 heteroatoms. The minimum Gasteiger partial charge on any atom is -0.488 e. The van der Waals surface area contributed by atoms with E-state index in [0.29, 0.717) is 22.8 Å². The lowest BCUT2D eigenvalue weighted by atomic mass is 10.2. The number of hydrazine groups is 1. The summed E-state index contributed by atoms with van der Waals surface area (Å²) in [7, 11) is 0. The minimum absolute atomic E-state index is 0.259. The molecule has 0 atom stereocenters. The monoisotopic (exact) mass is 524 g/mol. The number of ether oxygens (including phenoxy) is 1. The molecule has 1 aliphatic heterocycles. The second-order valence-corrected chi connectivity index (χ2v) is 9.37. The molecule has 32 heavy (non-hydrogen) atoms. The number of rotatable bonds is 6. The van der Waals surface area contributed by atoms with E-state index < -0.39 is 5.91 Å². The number of hydrogen-bond acceptors (Lipinski definition) is 5. The molecule has 1 saturated heterocycles. The largest absolute Gasteiger partial charge is 0.488 e. The SMILES string of the molecule is O=C(NN1C(=O)/C(=C/c2ccccc2OCc2ccccc2)SC1=S)c1ccc(Br)cc1. The number of amides is 2. The normalized spacial score (nSPS) is 14.7. The number of thiocarbonyl (C=S) groups is 1. The maximum Gasteiger partial charge on any atom is 0.285 e. The Kier molecular flexibility index (Phi) is 7.04. The Balaban J connectivity index is 1.49. The highest BCUT2D eigenvalue weighted by Gasteiger charge is 2.34. The Bertz CT molecular complexity index is 1200. The molecule has 1 N–H and O–H groups in total. The van der Waals surface area contributed by atoms with Crippen LogP contribution in [0.4, 0.5) is 0 Å². The van der Waals surface area contributed by atoms with Crippen LogP contribution < -0.4 is 10.2 Å². The number of halogens is 1. The average Bonchev–Trinajstić information content (AvgIpc) is 3.07. The lowest BCUT2D eigenvalue weighted by Crippen LogP contribution is -2.44. The van der Waals surface area contributed by atoms with Gasteiger partial charge in [-0.15, -0.1) is 0 Å². The van der Waals surface area contributed by atoms with Crippen LogP contribution in [0.15, 0.2) is 88.2 Å². The van der Waals surface area contributed by atoms with Crippen LogP contribution in [-0.4, -0.2) is 21.1 Å². The second kappa shape index (κ2) is 10.1. The molecule has 0 bridgehead atoms. The first-order valence-electron chi connectivity index (χ1n) is 9.61. The lowest BCUT2D eigenvalue weighted by molar-refractivity contribution is -0.123. The third-order valence-corrected chi connectivity index (χ3v) is 6.39. The molecule has 5 nitrogen and oxygen atoms in total. The Morgan fingerprint density at radius 2 is 1.72 bits per heavy atom. The van der Waals surface area contributed by atoms with Crippen molar-refractivity contribution < 1.29 is 14.3 Å². The molecule has 2 amide bonds. The van der Waals surface area contributed by atoms with E-state index in [4.69, 9.17) is 17.0 Å². The zero-order valence-electron chi connectivity index (χ0n) is 16.7. The van der Waals surface area contributed by atoms with Gasteiger partial charge in [-0.3, -0.25) is 15.0 Å². The maximum absolute atomic E-state index is 12.9. The number of thioether (sulfide) groups is 1. The molecule has 3 aromatic rings. The lowest BCUT2D eigenvalue weighted by Gasteiger charge is -2.15. The van der Waals surface area contributed by atoms with Crippen LogP contribution >= 0.6 is 39.9 Å². The van der Waals surface area contributed by atoms with E-state index in [1.165, 1.54) is 0 Å². The van der Waals surface area contributed by atoms with E-state index in [1.54, 1.807) is 30.3 Å². The first-order valence-corrected chi connectivity index (χ1v) is 11.6. The van der Waals surface area contributed by atoms with Gasteiger partial charge in [-0.25, -0.2) is 0 Å². The molecule has 4 rings (SSSR count). The molecule has 3 aromatic carbocycles. The third kappa shape index (κ3) is 5.27.